The van der Waals surface area contributed by atoms with E-state index >= 15 is 0 Å². The molecule has 0 radical (unpaired) electrons. The molecule has 18 heavy (non-hydrogen) atoms. The molecule has 3 heteroatoms. The van der Waals surface area contributed by atoms with Crippen LogP contribution in [0, 0.1) is 0 Å². The van der Waals surface area contributed by atoms with E-state index in [0.29, 0.717) is 19.0 Å². The van der Waals surface area contributed by atoms with Gasteiger partial charge in [0.15, 0.2) is 0 Å². The van der Waals surface area contributed by atoms with Gasteiger partial charge in [-0.1, -0.05) is 32.0 Å². The predicted octanol–water partition coefficient (Wildman–Crippen LogP) is 3.44. The van der Waals surface area contributed by atoms with Crippen molar-refractivity contribution in [3.63, 3.8) is 0 Å². The van der Waals surface area contributed by atoms with Crippen LogP contribution in [0.4, 0.5) is 4.39 Å². The van der Waals surface area contributed by atoms with Crippen LogP contribution < -0.4 is 5.32 Å². The van der Waals surface area contributed by atoms with Gasteiger partial charge in [0.2, 0.25) is 0 Å². The number of benzene rings is 1. The van der Waals surface area contributed by atoms with Crippen molar-refractivity contribution in [2.75, 3.05) is 6.54 Å². The Morgan fingerprint density at radius 2 is 2.06 bits per heavy atom. The molecule has 0 aliphatic heterocycles. The molecule has 1 heterocycles. The molecule has 2 N–H and O–H groups in total. The van der Waals surface area contributed by atoms with Crippen molar-refractivity contribution in [2.24, 2.45) is 0 Å². The lowest BCUT2D eigenvalue weighted by Crippen LogP contribution is -2.38. The third kappa shape index (κ3) is 3.10. The summed E-state index contributed by atoms with van der Waals surface area (Å²) in [5, 5.41) is 4.28. The molecule has 0 spiro atoms. The summed E-state index contributed by atoms with van der Waals surface area (Å²) in [6.07, 6.45) is 2.34. The van der Waals surface area contributed by atoms with Crippen LogP contribution in [0.3, 0.4) is 0 Å². The van der Waals surface area contributed by atoms with E-state index in [1.807, 2.05) is 44.3 Å². The van der Waals surface area contributed by atoms with Gasteiger partial charge in [-0.3, -0.25) is 0 Å². The van der Waals surface area contributed by atoms with Gasteiger partial charge in [0.05, 0.1) is 0 Å². The number of hydrogen-bond donors (Lipinski definition) is 2. The Labute approximate surface area is 108 Å². The highest BCUT2D eigenvalue weighted by molar-refractivity contribution is 5.83. The third-order valence-electron chi connectivity index (χ3n) is 3.11. The normalized spacial score (nSPS) is 15.2. The van der Waals surface area contributed by atoms with Gasteiger partial charge in [0.25, 0.3) is 0 Å². The molecule has 1 unspecified atom stereocenters. The van der Waals surface area contributed by atoms with Gasteiger partial charge in [-0.2, -0.15) is 0 Å². The fourth-order valence-electron chi connectivity index (χ4n) is 2.15. The Kier molecular flexibility index (Phi) is 3.71. The highest BCUT2D eigenvalue weighted by atomic mass is 19.1. The Hall–Kier alpha value is -1.35. The maximum atomic E-state index is 14.5. The number of hydrogen-bond acceptors (Lipinski definition) is 1. The largest absolute Gasteiger partial charge is 0.361 e. The van der Waals surface area contributed by atoms with Crippen LogP contribution >= 0.6 is 0 Å². The Bertz CT molecular complexity index is 514. The van der Waals surface area contributed by atoms with E-state index in [1.54, 1.807) is 6.92 Å². The summed E-state index contributed by atoms with van der Waals surface area (Å²) in [6, 6.07) is 8.33. The minimum Gasteiger partial charge on any atom is -0.361 e. The number of halogens is 1. The predicted molar refractivity (Wildman–Crippen MR) is 74.7 cm³/mol. The molecule has 0 saturated carbocycles. The van der Waals surface area contributed by atoms with Crippen LogP contribution in [-0.2, 0) is 6.42 Å². The van der Waals surface area contributed by atoms with Crippen molar-refractivity contribution in [3.05, 3.63) is 36.0 Å². The molecule has 0 aliphatic carbocycles. The van der Waals surface area contributed by atoms with Gasteiger partial charge in [-0.15, -0.1) is 0 Å². The first-order valence-electron chi connectivity index (χ1n) is 6.45. The van der Waals surface area contributed by atoms with Crippen LogP contribution in [0.2, 0.25) is 0 Å². The number of nitrogens with one attached hydrogen (secondary N) is 2. The number of alkyl halides is 1. The Morgan fingerprint density at radius 1 is 1.33 bits per heavy atom. The van der Waals surface area contributed by atoms with Gasteiger partial charge in [0.1, 0.15) is 5.67 Å². The second kappa shape index (κ2) is 5.11. The van der Waals surface area contributed by atoms with Crippen LogP contribution in [0.15, 0.2) is 30.5 Å². The highest BCUT2D eigenvalue weighted by Crippen LogP contribution is 2.24. The van der Waals surface area contributed by atoms with E-state index in [1.165, 1.54) is 0 Å². The van der Waals surface area contributed by atoms with Crippen LogP contribution in [-0.4, -0.2) is 23.2 Å². The highest BCUT2D eigenvalue weighted by Gasteiger charge is 2.25. The number of aromatic nitrogens is 1. The van der Waals surface area contributed by atoms with Crippen LogP contribution in [0.1, 0.15) is 26.3 Å². The maximum absolute atomic E-state index is 14.5. The van der Waals surface area contributed by atoms with Crippen LogP contribution in [0.25, 0.3) is 10.9 Å². The molecule has 2 aromatic rings. The summed E-state index contributed by atoms with van der Waals surface area (Å²) in [6.45, 7) is 6.10. The summed E-state index contributed by atoms with van der Waals surface area (Å²) < 4.78 is 14.5. The first-order chi connectivity index (χ1) is 8.48. The molecule has 98 valence electrons. The summed E-state index contributed by atoms with van der Waals surface area (Å²) in [5.74, 6) is 0. The van der Waals surface area contributed by atoms with Gasteiger partial charge >= 0.3 is 0 Å². The monoisotopic (exact) mass is 248 g/mol. The topological polar surface area (TPSA) is 27.8 Å². The molecule has 0 fully saturated rings. The molecule has 0 aliphatic rings. The van der Waals surface area contributed by atoms with Crippen molar-refractivity contribution in [1.29, 1.82) is 0 Å². The lowest BCUT2D eigenvalue weighted by Gasteiger charge is -2.22. The Morgan fingerprint density at radius 3 is 2.78 bits per heavy atom. The standard InChI is InChI=1S/C15H21FN2/c1-11(2)18-10-15(3,16)8-12-9-17-14-7-5-4-6-13(12)14/h4-7,9,11,17-18H,8,10H2,1-3H3. The first-order valence-corrected chi connectivity index (χ1v) is 6.45. The van der Waals surface area contributed by atoms with Gasteiger partial charge in [-0.25, -0.2) is 4.39 Å². The van der Waals surface area contributed by atoms with E-state index in [9.17, 15) is 4.39 Å². The van der Waals surface area contributed by atoms with Crippen LogP contribution in [0.5, 0.6) is 0 Å². The smallest absolute Gasteiger partial charge is 0.124 e. The number of aromatic amines is 1. The average Bonchev–Trinajstić information content (AvgIpc) is 2.70. The van der Waals surface area contributed by atoms with Gasteiger partial charge in [-0.05, 0) is 18.6 Å². The minimum absolute atomic E-state index is 0.308. The Balaban J connectivity index is 2.13. The van der Waals surface area contributed by atoms with E-state index in [0.717, 1.165) is 16.5 Å². The molecule has 1 aromatic carbocycles. The van der Waals surface area contributed by atoms with E-state index in [4.69, 9.17) is 0 Å². The second-order valence-corrected chi connectivity index (χ2v) is 5.49. The number of fused-ring (bicyclic) bond motifs is 1. The van der Waals surface area contributed by atoms with Crippen molar-refractivity contribution < 1.29 is 4.39 Å². The number of rotatable bonds is 5. The van der Waals surface area contributed by atoms with Crippen molar-refractivity contribution in [3.8, 4) is 0 Å². The minimum atomic E-state index is -1.23. The fourth-order valence-corrected chi connectivity index (χ4v) is 2.15. The number of para-hydroxylation sites is 1. The molecule has 0 amide bonds. The van der Waals surface area contributed by atoms with E-state index in [2.05, 4.69) is 10.3 Å². The summed E-state index contributed by atoms with van der Waals surface area (Å²) in [5.41, 5.74) is 0.885. The first kappa shape index (κ1) is 13.1. The van der Waals surface area contributed by atoms with Crippen molar-refractivity contribution in [2.45, 2.75) is 38.9 Å². The molecule has 1 aromatic heterocycles. The van der Waals surface area contributed by atoms with E-state index in [-0.39, 0.29) is 0 Å². The molecule has 2 rings (SSSR count). The van der Waals surface area contributed by atoms with Gasteiger partial charge < -0.3 is 10.3 Å². The zero-order valence-electron chi connectivity index (χ0n) is 11.3. The van der Waals surface area contributed by atoms with E-state index < -0.39 is 5.67 Å². The van der Waals surface area contributed by atoms with Gasteiger partial charge in [0, 0.05) is 36.1 Å². The lowest BCUT2D eigenvalue weighted by atomic mass is 9.97. The van der Waals surface area contributed by atoms with Crippen molar-refractivity contribution >= 4 is 10.9 Å². The van der Waals surface area contributed by atoms with Crippen molar-refractivity contribution in [1.82, 2.24) is 10.3 Å². The lowest BCUT2D eigenvalue weighted by molar-refractivity contribution is 0.180. The second-order valence-electron chi connectivity index (χ2n) is 5.49. The third-order valence-corrected chi connectivity index (χ3v) is 3.11. The number of H-pyrrole nitrogens is 1. The maximum Gasteiger partial charge on any atom is 0.124 e. The average molecular weight is 248 g/mol. The molecule has 1 atom stereocenters. The molecular weight excluding hydrogens is 227 g/mol. The zero-order chi connectivity index (χ0) is 13.2. The SMILES string of the molecule is CC(C)NCC(C)(F)Cc1c[nH]c2ccccc12. The molecule has 0 saturated heterocycles. The fraction of sp³-hybridized carbons (Fsp3) is 0.467. The summed E-state index contributed by atoms with van der Waals surface area (Å²) >= 11 is 0. The molecular formula is C15H21FN2. The molecule has 0 bridgehead atoms. The summed E-state index contributed by atoms with van der Waals surface area (Å²) in [4.78, 5) is 3.19. The zero-order valence-corrected chi connectivity index (χ0v) is 11.3. The molecule has 2 nitrogen and oxygen atoms in total. The quantitative estimate of drug-likeness (QED) is 0.833. The summed E-state index contributed by atoms with van der Waals surface area (Å²) in [7, 11) is 0.